The van der Waals surface area contributed by atoms with E-state index >= 15 is 0 Å². The highest BCUT2D eigenvalue weighted by Gasteiger charge is 2.72. The number of ether oxygens (including phenoxy) is 2. The summed E-state index contributed by atoms with van der Waals surface area (Å²) in [7, 11) is 0. The highest BCUT2D eigenvalue weighted by Crippen LogP contribution is 2.71. The molecule has 18 heavy (non-hydrogen) atoms. The molecule has 4 heteroatoms. The molecular weight excluding hydrogens is 296 g/mol. The number of epoxide rings is 1. The number of rotatable bonds is 2. The highest BCUT2D eigenvalue weighted by molar-refractivity contribution is 9.11. The van der Waals surface area contributed by atoms with Gasteiger partial charge in [0, 0.05) is 17.3 Å². The van der Waals surface area contributed by atoms with Crippen molar-refractivity contribution in [1.29, 1.82) is 0 Å². The average Bonchev–Trinajstić information content (AvgIpc) is 2.99. The van der Waals surface area contributed by atoms with Gasteiger partial charge in [-0.3, -0.25) is 0 Å². The lowest BCUT2D eigenvalue weighted by molar-refractivity contribution is -0.114. The number of hydrogen-bond donors (Lipinski definition) is 0. The van der Waals surface area contributed by atoms with Crippen LogP contribution in [0.25, 0.3) is 0 Å². The molecule has 2 aliphatic heterocycles. The largest absolute Gasteiger partial charge is 0.374 e. The molecule has 4 aliphatic rings. The van der Waals surface area contributed by atoms with Crippen LogP contribution in [0, 0.1) is 23.2 Å². The van der Waals surface area contributed by atoms with Crippen LogP contribution in [-0.4, -0.2) is 30.7 Å². The van der Waals surface area contributed by atoms with Gasteiger partial charge in [0.15, 0.2) is 6.29 Å². The lowest BCUT2D eigenvalue weighted by atomic mass is 9.61. The molecular formula is C14H17BrO3. The number of hydrogen-bond acceptors (Lipinski definition) is 3. The summed E-state index contributed by atoms with van der Waals surface area (Å²) in [5, 5.41) is 0. The van der Waals surface area contributed by atoms with Crippen LogP contribution in [0.4, 0.5) is 0 Å². The van der Waals surface area contributed by atoms with Crippen molar-refractivity contribution in [3.8, 4) is 0 Å². The molecule has 98 valence electrons. The molecule has 0 aromatic rings. The summed E-state index contributed by atoms with van der Waals surface area (Å²) in [6.45, 7) is 5.73. The van der Waals surface area contributed by atoms with Crippen molar-refractivity contribution < 1.29 is 14.3 Å². The number of halogens is 1. The lowest BCUT2D eigenvalue weighted by Crippen LogP contribution is -2.43. The van der Waals surface area contributed by atoms with Crippen LogP contribution in [0.2, 0.25) is 0 Å². The molecule has 2 saturated heterocycles. The molecule has 4 rings (SSSR count). The molecule has 5 atom stereocenters. The second-order valence-corrected chi connectivity index (χ2v) is 7.68. The summed E-state index contributed by atoms with van der Waals surface area (Å²) in [6.07, 6.45) is 4.37. The van der Waals surface area contributed by atoms with E-state index in [-0.39, 0.29) is 11.0 Å². The van der Waals surface area contributed by atoms with E-state index in [2.05, 4.69) is 35.9 Å². The molecule has 3 nitrogen and oxygen atoms in total. The summed E-state index contributed by atoms with van der Waals surface area (Å²) in [5.41, 5.74) is -0.434. The minimum Gasteiger partial charge on any atom is -0.374 e. The minimum atomic E-state index is -0.495. The van der Waals surface area contributed by atoms with Crippen LogP contribution in [0.15, 0.2) is 10.6 Å². The first kappa shape index (κ1) is 11.6. The Bertz CT molecular complexity index is 466. The van der Waals surface area contributed by atoms with Gasteiger partial charge in [0.1, 0.15) is 5.60 Å². The standard InChI is InChI=1S/C14H17BrO3/c1-12(2)10-3-8(14(5-16)7-18-14)11-9(15)4-13(10,11)6-17-12/h4-5,8,10-11H,3,6-7H2,1-2H3/t8?,10?,11?,13-,14-/m1/s1. The van der Waals surface area contributed by atoms with Crippen LogP contribution < -0.4 is 0 Å². The van der Waals surface area contributed by atoms with E-state index in [0.29, 0.717) is 24.4 Å². The van der Waals surface area contributed by atoms with Crippen LogP contribution in [0.3, 0.4) is 0 Å². The van der Waals surface area contributed by atoms with E-state index in [1.54, 1.807) is 0 Å². The fraction of sp³-hybridized carbons (Fsp3) is 0.786. The van der Waals surface area contributed by atoms with Gasteiger partial charge in [-0.1, -0.05) is 22.0 Å². The zero-order chi connectivity index (χ0) is 12.8. The first-order valence-electron chi connectivity index (χ1n) is 6.58. The van der Waals surface area contributed by atoms with Gasteiger partial charge in [0.25, 0.3) is 0 Å². The molecule has 0 bridgehead atoms. The van der Waals surface area contributed by atoms with Gasteiger partial charge in [-0.05, 0) is 30.7 Å². The fourth-order valence-corrected chi connectivity index (χ4v) is 5.77. The zero-order valence-corrected chi connectivity index (χ0v) is 12.2. The third-order valence-corrected chi connectivity index (χ3v) is 6.38. The summed E-state index contributed by atoms with van der Waals surface area (Å²) in [4.78, 5) is 11.3. The minimum absolute atomic E-state index is 0.0871. The normalized spacial score (nSPS) is 55.3. The first-order valence-corrected chi connectivity index (χ1v) is 7.37. The number of aldehydes is 1. The van der Waals surface area contributed by atoms with Crippen molar-refractivity contribution in [1.82, 2.24) is 0 Å². The van der Waals surface area contributed by atoms with E-state index in [1.165, 1.54) is 4.48 Å². The Labute approximate surface area is 115 Å². The zero-order valence-electron chi connectivity index (χ0n) is 10.6. The van der Waals surface area contributed by atoms with Gasteiger partial charge >= 0.3 is 0 Å². The Morgan fingerprint density at radius 2 is 2.11 bits per heavy atom. The fourth-order valence-electron chi connectivity index (χ4n) is 4.60. The van der Waals surface area contributed by atoms with E-state index in [0.717, 1.165) is 19.3 Å². The predicted octanol–water partition coefficient (Wildman–Crippen LogP) is 2.29. The van der Waals surface area contributed by atoms with Crippen molar-refractivity contribution in [2.45, 2.75) is 31.5 Å². The first-order chi connectivity index (χ1) is 8.45. The third-order valence-electron chi connectivity index (χ3n) is 5.66. The van der Waals surface area contributed by atoms with E-state index < -0.39 is 5.60 Å². The summed E-state index contributed by atoms with van der Waals surface area (Å²) < 4.78 is 12.7. The lowest BCUT2D eigenvalue weighted by Gasteiger charge is -2.43. The summed E-state index contributed by atoms with van der Waals surface area (Å²) in [6, 6.07) is 0. The van der Waals surface area contributed by atoms with E-state index in [1.807, 2.05) is 0 Å². The monoisotopic (exact) mass is 312 g/mol. The second-order valence-electron chi connectivity index (χ2n) is 6.77. The SMILES string of the molecule is CC1(C)OC[C@@]23C=C(Br)C2C([C@@]2(C=O)CO2)CC13. The maximum absolute atomic E-state index is 11.3. The Kier molecular flexibility index (Phi) is 2.00. The van der Waals surface area contributed by atoms with E-state index in [9.17, 15) is 4.79 Å². The van der Waals surface area contributed by atoms with Gasteiger partial charge < -0.3 is 14.3 Å². The molecule has 0 amide bonds. The van der Waals surface area contributed by atoms with Crippen LogP contribution in [0.1, 0.15) is 20.3 Å². The maximum Gasteiger partial charge on any atom is 0.154 e. The molecule has 0 N–H and O–H groups in total. The maximum atomic E-state index is 11.3. The van der Waals surface area contributed by atoms with Gasteiger partial charge in [0.05, 0.1) is 18.8 Å². The van der Waals surface area contributed by atoms with Crippen molar-refractivity contribution in [3.05, 3.63) is 10.6 Å². The van der Waals surface area contributed by atoms with Crippen molar-refractivity contribution >= 4 is 22.2 Å². The Hall–Kier alpha value is -0.190. The predicted molar refractivity (Wildman–Crippen MR) is 69.3 cm³/mol. The average molecular weight is 313 g/mol. The second kappa shape index (κ2) is 3.10. The van der Waals surface area contributed by atoms with Gasteiger partial charge in [-0.15, -0.1) is 0 Å². The highest BCUT2D eigenvalue weighted by atomic mass is 79.9. The van der Waals surface area contributed by atoms with Gasteiger partial charge in [-0.2, -0.15) is 0 Å². The molecule has 0 aromatic heterocycles. The summed E-state index contributed by atoms with van der Waals surface area (Å²) in [5.74, 6) is 1.24. The number of carbonyl (C=O) groups excluding carboxylic acids is 1. The quantitative estimate of drug-likeness (QED) is 0.580. The molecule has 3 unspecified atom stereocenters. The molecule has 2 aliphatic carbocycles. The van der Waals surface area contributed by atoms with Crippen LogP contribution >= 0.6 is 15.9 Å². The number of carbonyl (C=O) groups is 1. The Morgan fingerprint density at radius 3 is 2.67 bits per heavy atom. The molecule has 1 saturated carbocycles. The molecule has 3 fully saturated rings. The Balaban J connectivity index is 1.76. The van der Waals surface area contributed by atoms with Gasteiger partial charge in [-0.25, -0.2) is 0 Å². The van der Waals surface area contributed by atoms with Crippen LogP contribution in [0.5, 0.6) is 0 Å². The summed E-state index contributed by atoms with van der Waals surface area (Å²) >= 11 is 3.66. The van der Waals surface area contributed by atoms with Crippen LogP contribution in [-0.2, 0) is 14.3 Å². The van der Waals surface area contributed by atoms with Crippen molar-refractivity contribution in [3.63, 3.8) is 0 Å². The molecule has 0 aromatic carbocycles. The van der Waals surface area contributed by atoms with Gasteiger partial charge in [0.2, 0.25) is 0 Å². The van der Waals surface area contributed by atoms with Crippen molar-refractivity contribution in [2.75, 3.05) is 13.2 Å². The Morgan fingerprint density at radius 1 is 1.39 bits per heavy atom. The number of allylic oxidation sites excluding steroid dienone is 1. The topological polar surface area (TPSA) is 38.8 Å². The molecule has 0 radical (unpaired) electrons. The third kappa shape index (κ3) is 1.11. The van der Waals surface area contributed by atoms with E-state index in [4.69, 9.17) is 9.47 Å². The molecule has 1 spiro atoms. The smallest absolute Gasteiger partial charge is 0.154 e. The molecule has 2 heterocycles. The van der Waals surface area contributed by atoms with Crippen molar-refractivity contribution in [2.24, 2.45) is 23.2 Å².